The van der Waals surface area contributed by atoms with Crippen molar-refractivity contribution in [3.05, 3.63) is 33.7 Å². The number of hydrogen-bond donors (Lipinski definition) is 2. The van der Waals surface area contributed by atoms with Gasteiger partial charge in [-0.05, 0) is 11.4 Å². The zero-order valence-electron chi connectivity index (χ0n) is 14.6. The number of thiophene rings is 1. The fourth-order valence-electron chi connectivity index (χ4n) is 3.12. The lowest BCUT2D eigenvalue weighted by molar-refractivity contribution is -0.151. The van der Waals surface area contributed by atoms with Gasteiger partial charge < -0.3 is 15.2 Å². The van der Waals surface area contributed by atoms with Crippen molar-refractivity contribution in [1.29, 1.82) is 0 Å². The molecule has 2 amide bonds. The lowest BCUT2D eigenvalue weighted by atomic mass is 10.0. The van der Waals surface area contributed by atoms with E-state index in [-0.39, 0.29) is 12.0 Å². The molecular weight excluding hydrogens is 412 g/mol. The van der Waals surface area contributed by atoms with Crippen LogP contribution in [0.4, 0.5) is 0 Å². The molecule has 0 unspecified atom stereocenters. The van der Waals surface area contributed by atoms with Crippen molar-refractivity contribution in [3.63, 3.8) is 0 Å². The van der Waals surface area contributed by atoms with Gasteiger partial charge in [0.05, 0.1) is 12.2 Å². The number of nitrogens with zero attached hydrogens (tertiary/aromatic N) is 1. The maximum absolute atomic E-state index is 12.6. The summed E-state index contributed by atoms with van der Waals surface area (Å²) in [5.74, 6) is -4.30. The second-order valence-electron chi connectivity index (χ2n) is 6.24. The first kappa shape index (κ1) is 20.0. The van der Waals surface area contributed by atoms with Crippen LogP contribution in [0.1, 0.15) is 11.8 Å². The number of β-lactam (4-membered cyclic amide) rings is 1. The molecule has 1 saturated heterocycles. The fraction of sp³-hybridized carbons (Fsp3) is 0.375. The van der Waals surface area contributed by atoms with Gasteiger partial charge in [-0.25, -0.2) is 13.2 Å². The predicted octanol–water partition coefficient (Wildman–Crippen LogP) is -0.726. The molecule has 150 valence electrons. The molecule has 2 N–H and O–H groups in total. The summed E-state index contributed by atoms with van der Waals surface area (Å²) < 4.78 is 29.9. The fourth-order valence-corrected chi connectivity index (χ4v) is 5.83. The molecule has 1 aromatic rings. The highest BCUT2D eigenvalue weighted by atomic mass is 32.2. The minimum Gasteiger partial charge on any atom is -0.477 e. The zero-order chi connectivity index (χ0) is 20.6. The van der Waals surface area contributed by atoms with Crippen molar-refractivity contribution in [2.24, 2.45) is 0 Å². The van der Waals surface area contributed by atoms with E-state index in [1.54, 1.807) is 17.5 Å². The Balaban J connectivity index is 1.84. The Kier molecular flexibility index (Phi) is 5.26. The highest BCUT2D eigenvalue weighted by Crippen LogP contribution is 2.36. The number of hydrogen-bond acceptors (Lipinski definition) is 8. The maximum Gasteiger partial charge on any atom is 0.352 e. The number of nitrogens with one attached hydrogen (secondary N) is 1. The third-order valence-electron chi connectivity index (χ3n) is 4.25. The summed E-state index contributed by atoms with van der Waals surface area (Å²) in [6.45, 7) is 0.539. The molecule has 2 aliphatic heterocycles. The minimum atomic E-state index is -4.00. The molecule has 1 aromatic heterocycles. The number of carbonyl (C=O) groups is 4. The number of fused-ring (bicyclic) bond motifs is 1. The molecule has 28 heavy (non-hydrogen) atoms. The third-order valence-corrected chi connectivity index (χ3v) is 7.09. The molecule has 0 saturated carbocycles. The molecule has 0 radical (unpaired) electrons. The third kappa shape index (κ3) is 3.64. The van der Waals surface area contributed by atoms with Crippen molar-refractivity contribution in [2.75, 3.05) is 12.4 Å². The Labute approximate surface area is 163 Å². The number of carbonyl (C=O) groups excluding carboxylic acids is 3. The molecule has 10 nitrogen and oxygen atoms in total. The number of aliphatic carboxylic acids is 1. The van der Waals surface area contributed by atoms with E-state index in [2.05, 4.69) is 5.32 Å². The second-order valence-corrected chi connectivity index (χ2v) is 9.37. The molecule has 0 spiro atoms. The molecular formula is C16H16N2O8S2. The van der Waals surface area contributed by atoms with Crippen LogP contribution in [-0.2, 0) is 40.2 Å². The lowest BCUT2D eigenvalue weighted by Crippen LogP contribution is -2.75. The van der Waals surface area contributed by atoms with Gasteiger partial charge in [-0.2, -0.15) is 0 Å². The Hall–Kier alpha value is -2.73. The molecule has 3 heterocycles. The van der Waals surface area contributed by atoms with Crippen LogP contribution in [0, 0.1) is 0 Å². The van der Waals surface area contributed by atoms with Gasteiger partial charge in [-0.15, -0.1) is 11.3 Å². The largest absolute Gasteiger partial charge is 0.477 e. The first-order valence-corrected chi connectivity index (χ1v) is 10.7. The van der Waals surface area contributed by atoms with E-state index in [0.29, 0.717) is 4.90 Å². The Bertz CT molecular complexity index is 980. The molecule has 12 heteroatoms. The highest BCUT2D eigenvalue weighted by Gasteiger charge is 2.60. The first-order valence-electron chi connectivity index (χ1n) is 8.07. The number of esters is 1. The summed E-state index contributed by atoms with van der Waals surface area (Å²) >= 11 is 1.34. The summed E-state index contributed by atoms with van der Waals surface area (Å²) in [5, 5.41) is 12.1. The van der Waals surface area contributed by atoms with Crippen molar-refractivity contribution in [3.8, 4) is 0 Å². The topological polar surface area (TPSA) is 147 Å². The van der Waals surface area contributed by atoms with Crippen molar-refractivity contribution in [2.45, 2.75) is 24.8 Å². The van der Waals surface area contributed by atoms with E-state index in [4.69, 9.17) is 4.74 Å². The molecule has 2 atom stereocenters. The second kappa shape index (κ2) is 7.36. The summed E-state index contributed by atoms with van der Waals surface area (Å²) in [7, 11) is -4.00. The van der Waals surface area contributed by atoms with Gasteiger partial charge in [0.25, 0.3) is 5.91 Å². The standard InChI is InChI=1S/C16H16N2O8S2/c1-8(19)26-6-9-7-28(24,25)15-12(14(21)18(15)13(9)16(22)23)17-11(20)5-10-3-2-4-27-10/h2-4,12,15H,5-7H2,1H3,(H,17,20)(H,22,23)/t12-,15-/m1/s1. The maximum atomic E-state index is 12.6. The number of carboxylic acid groups (broad SMARTS) is 1. The van der Waals surface area contributed by atoms with E-state index in [0.717, 1.165) is 11.8 Å². The van der Waals surface area contributed by atoms with Crippen LogP contribution in [0.3, 0.4) is 0 Å². The monoisotopic (exact) mass is 428 g/mol. The number of rotatable bonds is 6. The summed E-state index contributed by atoms with van der Waals surface area (Å²) in [5.41, 5.74) is -0.731. The summed E-state index contributed by atoms with van der Waals surface area (Å²) in [6, 6.07) is 2.12. The van der Waals surface area contributed by atoms with Crippen LogP contribution in [0.25, 0.3) is 0 Å². The van der Waals surface area contributed by atoms with Crippen LogP contribution < -0.4 is 5.32 Å². The summed E-state index contributed by atoms with van der Waals surface area (Å²) in [4.78, 5) is 48.6. The summed E-state index contributed by atoms with van der Waals surface area (Å²) in [6.07, 6.45) is -0.0203. The molecule has 0 aromatic carbocycles. The van der Waals surface area contributed by atoms with E-state index in [1.807, 2.05) is 0 Å². The molecule has 2 aliphatic rings. The van der Waals surface area contributed by atoms with Crippen LogP contribution in [0.2, 0.25) is 0 Å². The van der Waals surface area contributed by atoms with Gasteiger partial charge in [0.15, 0.2) is 15.2 Å². The first-order chi connectivity index (χ1) is 13.1. The van der Waals surface area contributed by atoms with Gasteiger partial charge in [0.2, 0.25) is 5.91 Å². The highest BCUT2D eigenvalue weighted by molar-refractivity contribution is 7.92. The number of carboxylic acids is 1. The Morgan fingerprint density at radius 2 is 2.11 bits per heavy atom. The van der Waals surface area contributed by atoms with E-state index >= 15 is 0 Å². The van der Waals surface area contributed by atoms with Gasteiger partial charge in [-0.3, -0.25) is 19.3 Å². The van der Waals surface area contributed by atoms with Crippen LogP contribution in [0.15, 0.2) is 28.8 Å². The quantitative estimate of drug-likeness (QED) is 0.445. The smallest absolute Gasteiger partial charge is 0.352 e. The predicted molar refractivity (Wildman–Crippen MR) is 95.7 cm³/mol. The molecule has 0 aliphatic carbocycles. The number of sulfone groups is 1. The van der Waals surface area contributed by atoms with Crippen LogP contribution in [0.5, 0.6) is 0 Å². The SMILES string of the molecule is CC(=O)OCC1=C(C(=O)O)N2C(=O)[C@@H](NC(=O)Cc3cccs3)[C@H]2S(=O)(=O)C1. The van der Waals surface area contributed by atoms with Gasteiger partial charge >= 0.3 is 11.9 Å². The van der Waals surface area contributed by atoms with E-state index < -0.39 is 63.1 Å². The minimum absolute atomic E-state index is 0.0203. The average molecular weight is 428 g/mol. The number of amides is 2. The van der Waals surface area contributed by atoms with E-state index in [1.165, 1.54) is 11.3 Å². The Morgan fingerprint density at radius 1 is 1.39 bits per heavy atom. The van der Waals surface area contributed by atoms with Crippen molar-refractivity contribution in [1.82, 2.24) is 10.2 Å². The molecule has 0 bridgehead atoms. The van der Waals surface area contributed by atoms with Gasteiger partial charge in [0.1, 0.15) is 18.3 Å². The van der Waals surface area contributed by atoms with Gasteiger partial charge in [0, 0.05) is 17.4 Å². The molecule has 1 fully saturated rings. The number of ether oxygens (including phenoxy) is 1. The normalized spacial score (nSPS) is 22.9. The van der Waals surface area contributed by atoms with Crippen molar-refractivity contribution >= 4 is 44.9 Å². The van der Waals surface area contributed by atoms with Crippen LogP contribution >= 0.6 is 11.3 Å². The lowest BCUT2D eigenvalue weighted by Gasteiger charge is -2.48. The van der Waals surface area contributed by atoms with Gasteiger partial charge in [-0.1, -0.05) is 6.07 Å². The average Bonchev–Trinajstić information content (AvgIpc) is 3.09. The van der Waals surface area contributed by atoms with Crippen LogP contribution in [-0.4, -0.2) is 66.0 Å². The van der Waals surface area contributed by atoms with E-state index in [9.17, 15) is 32.7 Å². The van der Waals surface area contributed by atoms with Crippen molar-refractivity contribution < 1.29 is 37.4 Å². The zero-order valence-corrected chi connectivity index (χ0v) is 16.2. The Morgan fingerprint density at radius 3 is 2.68 bits per heavy atom. The molecule has 3 rings (SSSR count).